The molecule has 1 aromatic heterocycles. The Bertz CT molecular complexity index is 548. The summed E-state index contributed by atoms with van der Waals surface area (Å²) in [6.07, 6.45) is 1.90. The van der Waals surface area contributed by atoms with Crippen LogP contribution in [0.15, 0.2) is 23.4 Å². The fourth-order valence-corrected chi connectivity index (χ4v) is 2.52. The minimum Gasteiger partial charge on any atom is -0.355 e. The van der Waals surface area contributed by atoms with Crippen LogP contribution in [0, 0.1) is 5.82 Å². The Morgan fingerprint density at radius 3 is 2.79 bits per heavy atom. The highest BCUT2D eigenvalue weighted by Gasteiger charge is 2.25. The zero-order valence-corrected chi connectivity index (χ0v) is 11.5. The zero-order valence-electron chi connectivity index (χ0n) is 10.7. The van der Waals surface area contributed by atoms with Crippen molar-refractivity contribution in [2.24, 2.45) is 0 Å². The second-order valence-electron chi connectivity index (χ2n) is 3.92. The fourth-order valence-electron chi connectivity index (χ4n) is 1.31. The molecule has 0 fully saturated rings. The van der Waals surface area contributed by atoms with Crippen LogP contribution in [0.25, 0.3) is 0 Å². The third-order valence-corrected chi connectivity index (χ3v) is 3.73. The summed E-state index contributed by atoms with van der Waals surface area (Å²) in [5.74, 6) is -1.43. The van der Waals surface area contributed by atoms with Gasteiger partial charge in [0.25, 0.3) is 10.0 Å². The van der Waals surface area contributed by atoms with Crippen molar-refractivity contribution in [3.05, 3.63) is 24.1 Å². The first kappa shape index (κ1) is 15.5. The van der Waals surface area contributed by atoms with Crippen LogP contribution in [0.2, 0.25) is 0 Å². The Labute approximate surface area is 111 Å². The van der Waals surface area contributed by atoms with Gasteiger partial charge in [0.05, 0.1) is 6.04 Å². The first-order valence-electron chi connectivity index (χ1n) is 5.79. The largest absolute Gasteiger partial charge is 0.355 e. The Balaban J connectivity index is 2.81. The molecule has 0 bridgehead atoms. The lowest BCUT2D eigenvalue weighted by Crippen LogP contribution is -2.45. The molecule has 1 heterocycles. The predicted octanol–water partition coefficient (Wildman–Crippen LogP) is 0.414. The van der Waals surface area contributed by atoms with Gasteiger partial charge in [0, 0.05) is 12.7 Å². The molecule has 19 heavy (non-hydrogen) atoms. The smallest absolute Gasteiger partial charge is 0.261 e. The lowest BCUT2D eigenvalue weighted by Gasteiger charge is -2.13. The van der Waals surface area contributed by atoms with E-state index in [1.54, 1.807) is 0 Å². The second-order valence-corrected chi connectivity index (χ2v) is 5.55. The van der Waals surface area contributed by atoms with E-state index in [-0.39, 0.29) is 0 Å². The molecule has 0 aliphatic rings. The summed E-state index contributed by atoms with van der Waals surface area (Å²) in [5.41, 5.74) is 0. The SMILES string of the molecule is CCCNC(=O)C(C)NS(=O)(=O)c1ncccc1F. The van der Waals surface area contributed by atoms with Crippen molar-refractivity contribution in [3.8, 4) is 0 Å². The Hall–Kier alpha value is -1.54. The number of carbonyl (C=O) groups is 1. The van der Waals surface area contributed by atoms with E-state index in [1.165, 1.54) is 19.2 Å². The molecule has 1 unspecified atom stereocenters. The van der Waals surface area contributed by atoms with Crippen LogP contribution in [-0.2, 0) is 14.8 Å². The van der Waals surface area contributed by atoms with E-state index >= 15 is 0 Å². The van der Waals surface area contributed by atoms with Gasteiger partial charge in [-0.25, -0.2) is 17.8 Å². The van der Waals surface area contributed by atoms with Crippen LogP contribution in [0.1, 0.15) is 20.3 Å². The van der Waals surface area contributed by atoms with E-state index in [9.17, 15) is 17.6 Å². The maximum atomic E-state index is 13.4. The van der Waals surface area contributed by atoms with Gasteiger partial charge in [-0.05, 0) is 25.5 Å². The Kier molecular flexibility index (Phi) is 5.37. The van der Waals surface area contributed by atoms with Gasteiger partial charge in [-0.1, -0.05) is 6.92 Å². The number of sulfonamides is 1. The molecule has 8 heteroatoms. The van der Waals surface area contributed by atoms with Gasteiger partial charge in [-0.15, -0.1) is 0 Å². The molecule has 0 saturated carbocycles. The summed E-state index contributed by atoms with van der Waals surface area (Å²) in [6, 6.07) is 1.27. The summed E-state index contributed by atoms with van der Waals surface area (Å²) in [7, 11) is -4.16. The van der Waals surface area contributed by atoms with E-state index in [1.807, 2.05) is 6.92 Å². The normalized spacial score (nSPS) is 13.0. The molecule has 0 saturated heterocycles. The molecule has 6 nitrogen and oxygen atoms in total. The number of hydrogen-bond acceptors (Lipinski definition) is 4. The number of halogens is 1. The minimum absolute atomic E-state index is 0.447. The van der Waals surface area contributed by atoms with Crippen molar-refractivity contribution in [2.75, 3.05) is 6.54 Å². The van der Waals surface area contributed by atoms with Gasteiger partial charge in [-0.2, -0.15) is 4.72 Å². The summed E-state index contributed by atoms with van der Waals surface area (Å²) >= 11 is 0. The van der Waals surface area contributed by atoms with Crippen LogP contribution in [0.4, 0.5) is 4.39 Å². The van der Waals surface area contributed by atoms with E-state index in [0.29, 0.717) is 6.54 Å². The summed E-state index contributed by atoms with van der Waals surface area (Å²) in [4.78, 5) is 15.0. The van der Waals surface area contributed by atoms with E-state index in [4.69, 9.17) is 0 Å². The molecule has 1 aromatic rings. The van der Waals surface area contributed by atoms with Crippen molar-refractivity contribution in [1.29, 1.82) is 0 Å². The molecule has 0 aliphatic heterocycles. The first-order valence-corrected chi connectivity index (χ1v) is 7.27. The molecule has 106 valence electrons. The number of amides is 1. The lowest BCUT2D eigenvalue weighted by molar-refractivity contribution is -0.122. The number of hydrogen-bond donors (Lipinski definition) is 2. The Morgan fingerprint density at radius 1 is 1.53 bits per heavy atom. The number of carbonyl (C=O) groups excluding carboxylic acids is 1. The van der Waals surface area contributed by atoms with Crippen LogP contribution in [0.5, 0.6) is 0 Å². The highest BCUT2D eigenvalue weighted by molar-refractivity contribution is 7.89. The highest BCUT2D eigenvalue weighted by Crippen LogP contribution is 2.10. The molecule has 0 radical (unpaired) electrons. The first-order chi connectivity index (χ1) is 8.88. The van der Waals surface area contributed by atoms with Gasteiger partial charge in [0.15, 0.2) is 5.82 Å². The molecular formula is C11H16FN3O3S. The average Bonchev–Trinajstić information content (AvgIpc) is 2.35. The quantitative estimate of drug-likeness (QED) is 0.794. The average molecular weight is 289 g/mol. The lowest BCUT2D eigenvalue weighted by atomic mass is 10.3. The second kappa shape index (κ2) is 6.58. The molecule has 0 aliphatic carbocycles. The molecular weight excluding hydrogens is 273 g/mol. The van der Waals surface area contributed by atoms with Crippen molar-refractivity contribution < 1.29 is 17.6 Å². The number of nitrogens with zero attached hydrogens (tertiary/aromatic N) is 1. The topological polar surface area (TPSA) is 88.2 Å². The minimum atomic E-state index is -4.16. The third-order valence-electron chi connectivity index (χ3n) is 2.25. The number of nitrogens with one attached hydrogen (secondary N) is 2. The van der Waals surface area contributed by atoms with Crippen molar-refractivity contribution >= 4 is 15.9 Å². The van der Waals surface area contributed by atoms with Gasteiger partial charge in [0.1, 0.15) is 0 Å². The molecule has 0 aromatic carbocycles. The maximum Gasteiger partial charge on any atom is 0.261 e. The molecule has 0 spiro atoms. The zero-order chi connectivity index (χ0) is 14.5. The van der Waals surface area contributed by atoms with Crippen LogP contribution >= 0.6 is 0 Å². The van der Waals surface area contributed by atoms with Crippen LogP contribution in [-0.4, -0.2) is 31.9 Å². The fraction of sp³-hybridized carbons (Fsp3) is 0.455. The highest BCUT2D eigenvalue weighted by atomic mass is 32.2. The monoisotopic (exact) mass is 289 g/mol. The summed E-state index contributed by atoms with van der Waals surface area (Å²) < 4.78 is 39.1. The van der Waals surface area contributed by atoms with E-state index in [0.717, 1.165) is 12.5 Å². The van der Waals surface area contributed by atoms with Crippen molar-refractivity contribution in [3.63, 3.8) is 0 Å². The Morgan fingerprint density at radius 2 is 2.21 bits per heavy atom. The molecule has 1 atom stereocenters. The molecule has 1 amide bonds. The predicted molar refractivity (Wildman–Crippen MR) is 67.3 cm³/mol. The number of rotatable bonds is 6. The summed E-state index contributed by atoms with van der Waals surface area (Å²) in [6.45, 7) is 3.70. The van der Waals surface area contributed by atoms with E-state index < -0.39 is 32.8 Å². The van der Waals surface area contributed by atoms with E-state index in [2.05, 4.69) is 15.0 Å². The summed E-state index contributed by atoms with van der Waals surface area (Å²) in [5, 5.41) is 1.82. The van der Waals surface area contributed by atoms with Crippen LogP contribution in [0.3, 0.4) is 0 Å². The molecule has 2 N–H and O–H groups in total. The van der Waals surface area contributed by atoms with Crippen molar-refractivity contribution in [1.82, 2.24) is 15.0 Å². The number of aromatic nitrogens is 1. The third kappa shape index (κ3) is 4.25. The number of pyridine rings is 1. The van der Waals surface area contributed by atoms with Gasteiger partial charge in [-0.3, -0.25) is 4.79 Å². The molecule has 1 rings (SSSR count). The van der Waals surface area contributed by atoms with Crippen molar-refractivity contribution in [2.45, 2.75) is 31.3 Å². The standard InChI is InChI=1S/C11H16FN3O3S/c1-3-6-13-10(16)8(2)15-19(17,18)11-9(12)5-4-7-14-11/h4-5,7-8,15H,3,6H2,1-2H3,(H,13,16). The van der Waals surface area contributed by atoms with Crippen LogP contribution < -0.4 is 10.0 Å². The van der Waals surface area contributed by atoms with Gasteiger partial charge in [0.2, 0.25) is 10.9 Å². The van der Waals surface area contributed by atoms with Gasteiger partial charge < -0.3 is 5.32 Å². The maximum absolute atomic E-state index is 13.4. The van der Waals surface area contributed by atoms with Gasteiger partial charge >= 0.3 is 0 Å².